The zero-order chi connectivity index (χ0) is 50.3. The zero-order valence-electron chi connectivity index (χ0n) is 41.8. The van der Waals surface area contributed by atoms with E-state index in [9.17, 15) is 4.79 Å². The fourth-order valence-corrected chi connectivity index (χ4v) is 9.21. The number of methoxy groups -OCH3 is 2. The molecule has 19 nitrogen and oxygen atoms in total. The fourth-order valence-electron chi connectivity index (χ4n) is 9.21. The number of piperazine rings is 2. The van der Waals surface area contributed by atoms with Crippen LogP contribution >= 0.6 is 0 Å². The lowest BCUT2D eigenvalue weighted by Crippen LogP contribution is -2.46. The molecule has 372 valence electrons. The first-order valence-corrected chi connectivity index (χ1v) is 24.1. The van der Waals surface area contributed by atoms with E-state index in [2.05, 4.69) is 104 Å². The minimum absolute atomic E-state index is 0.273. The molecule has 0 radical (unpaired) electrons. The number of amides is 1. The molecular formula is C53H62N16O3. The van der Waals surface area contributed by atoms with E-state index in [0.717, 1.165) is 133 Å². The molecule has 0 spiro atoms. The van der Waals surface area contributed by atoms with Crippen molar-refractivity contribution in [2.24, 2.45) is 14.1 Å². The van der Waals surface area contributed by atoms with E-state index in [1.807, 2.05) is 90.4 Å². The summed E-state index contributed by atoms with van der Waals surface area (Å²) in [7, 11) is 7.16. The number of nitrogens with two attached hydrogens (primary N) is 1. The molecule has 1 amide bonds. The SMILES string of the molecule is C=CC(=O)Nc1cc(Nc2cc(-c3ccc4c(cnn4C)c3)ncn2)c(OC)cc1N1CCN(CC)CC1.CCN1CCN(c2cc(OC)c(Nc3cc(-c4ccc5c(cnn5C)c4)ncn3)cc2N)CC1. The van der Waals surface area contributed by atoms with Gasteiger partial charge in [0.25, 0.3) is 0 Å². The molecule has 2 aliphatic heterocycles. The Hall–Kier alpha value is -8.29. The zero-order valence-corrected chi connectivity index (χ0v) is 41.8. The topological polar surface area (TPSA) is 198 Å². The molecule has 19 heteroatoms. The van der Waals surface area contributed by atoms with Gasteiger partial charge in [0.1, 0.15) is 35.8 Å². The number of carbonyl (C=O) groups excluding carboxylic acids is 1. The third kappa shape index (κ3) is 10.7. The van der Waals surface area contributed by atoms with Gasteiger partial charge in [0.15, 0.2) is 0 Å². The Morgan fingerprint density at radius 2 is 1.10 bits per heavy atom. The Labute approximate surface area is 419 Å². The third-order valence-corrected chi connectivity index (χ3v) is 13.4. The summed E-state index contributed by atoms with van der Waals surface area (Å²) in [6.07, 6.45) is 8.05. The number of benzene rings is 4. The van der Waals surface area contributed by atoms with Gasteiger partial charge in [0, 0.05) is 113 Å². The number of ether oxygens (including phenoxy) is 2. The molecule has 4 aromatic carbocycles. The molecule has 0 aliphatic carbocycles. The minimum atomic E-state index is -0.273. The molecule has 2 saturated heterocycles. The van der Waals surface area contributed by atoms with Crippen LogP contribution in [0.1, 0.15) is 13.8 Å². The second-order valence-corrected chi connectivity index (χ2v) is 17.6. The first kappa shape index (κ1) is 48.7. The van der Waals surface area contributed by atoms with Crippen LogP contribution in [0.3, 0.4) is 0 Å². The fraction of sp³-hybridized carbons (Fsp3) is 0.302. The number of nitrogens with one attached hydrogen (secondary N) is 3. The summed E-state index contributed by atoms with van der Waals surface area (Å²) in [4.78, 5) is 39.5. The Morgan fingerprint density at radius 3 is 1.57 bits per heavy atom. The highest BCUT2D eigenvalue weighted by atomic mass is 16.5. The lowest BCUT2D eigenvalue weighted by atomic mass is 10.1. The summed E-state index contributed by atoms with van der Waals surface area (Å²) >= 11 is 0. The van der Waals surface area contributed by atoms with Gasteiger partial charge < -0.3 is 50.8 Å². The van der Waals surface area contributed by atoms with E-state index in [4.69, 9.17) is 15.2 Å². The second kappa shape index (κ2) is 21.8. The quantitative estimate of drug-likeness (QED) is 0.0615. The van der Waals surface area contributed by atoms with E-state index < -0.39 is 0 Å². The van der Waals surface area contributed by atoms with Crippen molar-refractivity contribution in [1.82, 2.24) is 49.3 Å². The number of fused-ring (bicyclic) bond motifs is 2. The molecule has 0 atom stereocenters. The third-order valence-electron chi connectivity index (χ3n) is 13.4. The van der Waals surface area contributed by atoms with Gasteiger partial charge in [-0.2, -0.15) is 10.2 Å². The van der Waals surface area contributed by atoms with Gasteiger partial charge in [0.05, 0.1) is 83.2 Å². The molecule has 72 heavy (non-hydrogen) atoms. The average Bonchev–Trinajstić information content (AvgIpc) is 3.99. The summed E-state index contributed by atoms with van der Waals surface area (Å²) in [5, 5.41) is 20.4. The molecule has 5 N–H and O–H groups in total. The largest absolute Gasteiger partial charge is 0.494 e. The number of nitrogens with zero attached hydrogens (tertiary/aromatic N) is 12. The van der Waals surface area contributed by atoms with Crippen LogP contribution in [-0.4, -0.2) is 135 Å². The van der Waals surface area contributed by atoms with Crippen LogP contribution in [0.15, 0.2) is 110 Å². The van der Waals surface area contributed by atoms with Crippen LogP contribution in [0.5, 0.6) is 11.5 Å². The highest BCUT2D eigenvalue weighted by Crippen LogP contribution is 2.40. The van der Waals surface area contributed by atoms with Crippen LogP contribution in [0, 0.1) is 0 Å². The van der Waals surface area contributed by atoms with Gasteiger partial charge in [-0.3, -0.25) is 14.2 Å². The number of anilines is 8. The predicted octanol–water partition coefficient (Wildman–Crippen LogP) is 7.56. The summed E-state index contributed by atoms with van der Waals surface area (Å²) in [6.45, 7) is 17.7. The Balaban J connectivity index is 0.000000179. The minimum Gasteiger partial charge on any atom is -0.494 e. The summed E-state index contributed by atoms with van der Waals surface area (Å²) in [6, 6.07) is 23.9. The molecule has 2 fully saturated rings. The number of hydrogen-bond acceptors (Lipinski definition) is 16. The van der Waals surface area contributed by atoms with Gasteiger partial charge in [0.2, 0.25) is 5.91 Å². The Morgan fingerprint density at radius 1 is 0.625 bits per heavy atom. The van der Waals surface area contributed by atoms with E-state index in [1.165, 1.54) is 12.4 Å². The maximum atomic E-state index is 12.3. The monoisotopic (exact) mass is 971 g/mol. The van der Waals surface area contributed by atoms with Crippen molar-refractivity contribution in [2.45, 2.75) is 13.8 Å². The van der Waals surface area contributed by atoms with Crippen molar-refractivity contribution in [1.29, 1.82) is 0 Å². The maximum absolute atomic E-state index is 12.3. The van der Waals surface area contributed by atoms with Gasteiger partial charge in [-0.05, 0) is 55.6 Å². The predicted molar refractivity (Wildman–Crippen MR) is 288 cm³/mol. The van der Waals surface area contributed by atoms with Crippen molar-refractivity contribution in [3.63, 3.8) is 0 Å². The lowest BCUT2D eigenvalue weighted by molar-refractivity contribution is -0.111. The van der Waals surface area contributed by atoms with E-state index in [0.29, 0.717) is 34.4 Å². The van der Waals surface area contributed by atoms with Crippen molar-refractivity contribution in [2.75, 3.05) is 111 Å². The van der Waals surface area contributed by atoms with Gasteiger partial charge in [-0.1, -0.05) is 32.6 Å². The number of aryl methyl sites for hydroxylation is 2. The number of likely N-dealkylation sites (N-methyl/N-ethyl adjacent to an activating group) is 2. The first-order valence-electron chi connectivity index (χ1n) is 24.1. The molecule has 8 aromatic rings. The molecule has 0 saturated carbocycles. The standard InChI is InChI=1S/C28H32N8O2.C25H30N8O/c1-5-28(37)33-22-14-23(26(38-4)16-25(22)36-11-9-35(6-2)10-12-36)32-27-15-21(29-18-30-27)19-7-8-24-20(13-19)17-31-34(24)3;1-4-32-7-9-33(10-8-32)23-14-24(34-3)21(12-19(23)26)30-25-13-20(27-16-28-25)17-5-6-22-18(11-17)15-29-31(22)2/h5,7-8,13-18H,1,6,9-12H2,2-4H3,(H,33,37)(H,29,30,32);5-6,11-16H,4,7-10,26H2,1-3H3,(H,27,28,30). The van der Waals surface area contributed by atoms with Crippen molar-refractivity contribution in [3.05, 3.63) is 110 Å². The molecule has 4 aromatic heterocycles. The average molecular weight is 971 g/mol. The Kier molecular flexibility index (Phi) is 14.7. The van der Waals surface area contributed by atoms with E-state index in [1.54, 1.807) is 20.5 Å². The Bertz CT molecular complexity index is 3210. The normalized spacial score (nSPS) is 14.2. The van der Waals surface area contributed by atoms with Crippen LogP contribution < -0.4 is 41.0 Å². The van der Waals surface area contributed by atoms with E-state index in [-0.39, 0.29) is 5.91 Å². The number of hydrogen-bond donors (Lipinski definition) is 4. The molecule has 0 bridgehead atoms. The summed E-state index contributed by atoms with van der Waals surface area (Å²) < 4.78 is 15.2. The number of rotatable bonds is 14. The van der Waals surface area contributed by atoms with Crippen LogP contribution in [0.4, 0.5) is 45.8 Å². The van der Waals surface area contributed by atoms with Crippen molar-refractivity contribution in [3.8, 4) is 34.0 Å². The van der Waals surface area contributed by atoms with Gasteiger partial charge in [-0.25, -0.2) is 19.9 Å². The number of nitrogen functional groups attached to an aromatic ring is 1. The first-order chi connectivity index (χ1) is 35.0. The van der Waals surface area contributed by atoms with Gasteiger partial charge >= 0.3 is 0 Å². The van der Waals surface area contributed by atoms with Crippen molar-refractivity contribution < 1.29 is 14.3 Å². The summed E-state index contributed by atoms with van der Waals surface area (Å²) in [5.74, 6) is 2.36. The van der Waals surface area contributed by atoms with Crippen LogP contribution in [0.25, 0.3) is 44.3 Å². The lowest BCUT2D eigenvalue weighted by Gasteiger charge is -2.36. The van der Waals surface area contributed by atoms with E-state index >= 15 is 0 Å². The molecule has 2 aliphatic rings. The van der Waals surface area contributed by atoms with Crippen LogP contribution in [-0.2, 0) is 18.9 Å². The molecular weight excluding hydrogens is 909 g/mol. The van der Waals surface area contributed by atoms with Crippen molar-refractivity contribution >= 4 is 73.5 Å². The highest BCUT2D eigenvalue weighted by Gasteiger charge is 2.23. The van der Waals surface area contributed by atoms with Crippen LogP contribution in [0.2, 0.25) is 0 Å². The summed E-state index contributed by atoms with van der Waals surface area (Å²) in [5.41, 5.74) is 16.9. The highest BCUT2D eigenvalue weighted by molar-refractivity contribution is 6.02. The molecule has 10 rings (SSSR count). The molecule has 0 unspecified atom stereocenters. The molecule has 6 heterocycles. The smallest absolute Gasteiger partial charge is 0.247 e. The second-order valence-electron chi connectivity index (χ2n) is 17.6. The number of aromatic nitrogens is 8. The van der Waals surface area contributed by atoms with Gasteiger partial charge in [-0.15, -0.1) is 0 Å². The maximum Gasteiger partial charge on any atom is 0.247 e. The number of carbonyl (C=O) groups is 1.